The third-order valence-electron chi connectivity index (χ3n) is 3.84. The van der Waals surface area contributed by atoms with Gasteiger partial charge in [0.1, 0.15) is 11.5 Å². The molecule has 1 N–H and O–H groups in total. The van der Waals surface area contributed by atoms with E-state index < -0.39 is 0 Å². The number of rotatable bonds is 4. The van der Waals surface area contributed by atoms with Crippen molar-refractivity contribution in [1.29, 1.82) is 0 Å². The highest BCUT2D eigenvalue weighted by Crippen LogP contribution is 2.39. The predicted molar refractivity (Wildman–Crippen MR) is 77.5 cm³/mol. The molecule has 2 aromatic rings. The molecule has 0 saturated heterocycles. The minimum Gasteiger partial charge on any atom is -0.347 e. The highest BCUT2D eigenvalue weighted by Gasteiger charge is 2.28. The fraction of sp³-hybridized carbons (Fsp3) is 0.375. The van der Waals surface area contributed by atoms with Gasteiger partial charge in [-0.2, -0.15) is 5.10 Å². The highest BCUT2D eigenvalue weighted by atomic mass is 19.1. The van der Waals surface area contributed by atoms with E-state index in [1.807, 2.05) is 6.07 Å². The van der Waals surface area contributed by atoms with E-state index in [0.29, 0.717) is 22.7 Å². The number of benzene rings is 1. The van der Waals surface area contributed by atoms with Crippen LogP contribution in [0.3, 0.4) is 0 Å². The zero-order valence-electron chi connectivity index (χ0n) is 12.2. The molecule has 1 aromatic carbocycles. The van der Waals surface area contributed by atoms with Crippen LogP contribution < -0.4 is 5.32 Å². The van der Waals surface area contributed by atoms with Crippen LogP contribution in [0, 0.1) is 12.7 Å². The van der Waals surface area contributed by atoms with Crippen molar-refractivity contribution in [1.82, 2.24) is 15.1 Å². The second-order valence-electron chi connectivity index (χ2n) is 5.58. The first kappa shape index (κ1) is 13.8. The maximum atomic E-state index is 13.9. The van der Waals surface area contributed by atoms with Gasteiger partial charge in [-0.05, 0) is 31.4 Å². The second-order valence-corrected chi connectivity index (χ2v) is 5.58. The molecule has 4 nitrogen and oxygen atoms in total. The Hall–Kier alpha value is -2.17. The first-order chi connectivity index (χ1) is 10.1. The number of aryl methyl sites for hydroxylation is 2. The predicted octanol–water partition coefficient (Wildman–Crippen LogP) is 2.68. The van der Waals surface area contributed by atoms with Gasteiger partial charge in [-0.1, -0.05) is 18.2 Å². The number of halogens is 1. The number of carbonyl (C=O) groups is 1. The molecule has 0 unspecified atom stereocenters. The van der Waals surface area contributed by atoms with E-state index in [9.17, 15) is 9.18 Å². The van der Waals surface area contributed by atoms with E-state index >= 15 is 0 Å². The van der Waals surface area contributed by atoms with Crippen LogP contribution in [0.5, 0.6) is 0 Å². The molecule has 0 radical (unpaired) electrons. The molecule has 21 heavy (non-hydrogen) atoms. The van der Waals surface area contributed by atoms with Crippen molar-refractivity contribution in [3.8, 4) is 0 Å². The smallest absolute Gasteiger partial charge is 0.269 e. The van der Waals surface area contributed by atoms with Gasteiger partial charge in [-0.15, -0.1) is 0 Å². The summed E-state index contributed by atoms with van der Waals surface area (Å²) in [5, 5.41) is 7.12. The van der Waals surface area contributed by atoms with Crippen LogP contribution >= 0.6 is 0 Å². The minimum atomic E-state index is -0.263. The molecular weight excluding hydrogens is 269 g/mol. The zero-order chi connectivity index (χ0) is 15.0. The molecular formula is C16H18FN3O. The first-order valence-corrected chi connectivity index (χ1v) is 7.12. The van der Waals surface area contributed by atoms with E-state index in [-0.39, 0.29) is 18.3 Å². The van der Waals surface area contributed by atoms with Gasteiger partial charge in [0.05, 0.1) is 5.69 Å². The lowest BCUT2D eigenvalue weighted by molar-refractivity contribution is 0.0941. The summed E-state index contributed by atoms with van der Waals surface area (Å²) in [5.41, 5.74) is 2.57. The fourth-order valence-corrected chi connectivity index (χ4v) is 2.39. The summed E-state index contributed by atoms with van der Waals surface area (Å²) in [4.78, 5) is 12.2. The van der Waals surface area contributed by atoms with Gasteiger partial charge in [-0.25, -0.2) is 4.39 Å². The molecule has 1 aliphatic carbocycles. The maximum Gasteiger partial charge on any atom is 0.269 e. The van der Waals surface area contributed by atoms with Gasteiger partial charge in [0.2, 0.25) is 0 Å². The van der Waals surface area contributed by atoms with E-state index in [4.69, 9.17) is 0 Å². The van der Waals surface area contributed by atoms with Crippen molar-refractivity contribution >= 4 is 5.91 Å². The fourth-order valence-electron chi connectivity index (χ4n) is 2.39. The van der Waals surface area contributed by atoms with E-state index in [1.54, 1.807) is 36.9 Å². The Labute approximate surface area is 123 Å². The molecule has 1 saturated carbocycles. The van der Waals surface area contributed by atoms with Gasteiger partial charge >= 0.3 is 0 Å². The van der Waals surface area contributed by atoms with Crippen molar-refractivity contribution in [3.63, 3.8) is 0 Å². The van der Waals surface area contributed by atoms with E-state index in [2.05, 4.69) is 10.4 Å². The van der Waals surface area contributed by atoms with Crippen LogP contribution in [-0.4, -0.2) is 15.7 Å². The molecule has 0 bridgehead atoms. The molecule has 0 aliphatic heterocycles. The SMILES string of the molecule is Cc1cccc(CNC(=O)c2cc(C3CC3)nn2C)c1F. The van der Waals surface area contributed by atoms with E-state index in [1.165, 1.54) is 0 Å². The number of hydrogen-bond acceptors (Lipinski definition) is 2. The number of nitrogens with zero attached hydrogens (tertiary/aromatic N) is 2. The van der Waals surface area contributed by atoms with Gasteiger partial charge in [0.25, 0.3) is 5.91 Å². The maximum absolute atomic E-state index is 13.9. The Morgan fingerprint density at radius 3 is 2.95 bits per heavy atom. The molecule has 1 amide bonds. The lowest BCUT2D eigenvalue weighted by Gasteiger charge is -2.07. The first-order valence-electron chi connectivity index (χ1n) is 7.12. The number of nitrogens with one attached hydrogen (secondary N) is 1. The summed E-state index contributed by atoms with van der Waals surface area (Å²) < 4.78 is 15.5. The van der Waals surface area contributed by atoms with Crippen LogP contribution in [0.25, 0.3) is 0 Å². The minimum absolute atomic E-state index is 0.177. The summed E-state index contributed by atoms with van der Waals surface area (Å²) in [6, 6.07) is 7.01. The zero-order valence-corrected chi connectivity index (χ0v) is 12.2. The highest BCUT2D eigenvalue weighted by molar-refractivity contribution is 5.92. The Kier molecular flexibility index (Phi) is 3.49. The van der Waals surface area contributed by atoms with E-state index in [0.717, 1.165) is 18.5 Å². The van der Waals surface area contributed by atoms with Crippen LogP contribution in [-0.2, 0) is 13.6 Å². The lowest BCUT2D eigenvalue weighted by atomic mass is 10.1. The van der Waals surface area contributed by atoms with Gasteiger partial charge in [0.15, 0.2) is 0 Å². The molecule has 110 valence electrons. The quantitative estimate of drug-likeness (QED) is 0.939. The van der Waals surface area contributed by atoms with Gasteiger partial charge < -0.3 is 5.32 Å². The molecule has 5 heteroatoms. The summed E-state index contributed by atoms with van der Waals surface area (Å²) in [6.07, 6.45) is 2.29. The number of carbonyl (C=O) groups excluding carboxylic acids is 1. The molecule has 1 aromatic heterocycles. The third-order valence-corrected chi connectivity index (χ3v) is 3.84. The Bertz CT molecular complexity index is 689. The van der Waals surface area contributed by atoms with Crippen molar-refractivity contribution in [2.24, 2.45) is 7.05 Å². The van der Waals surface area contributed by atoms with Crippen LogP contribution in [0.1, 0.15) is 46.1 Å². The summed E-state index contributed by atoms with van der Waals surface area (Å²) in [7, 11) is 1.76. The Morgan fingerprint density at radius 1 is 1.48 bits per heavy atom. The molecule has 1 heterocycles. The molecule has 3 rings (SSSR count). The van der Waals surface area contributed by atoms with Crippen molar-refractivity contribution < 1.29 is 9.18 Å². The normalized spacial score (nSPS) is 14.2. The standard InChI is InChI=1S/C16H18FN3O/c1-10-4-3-5-12(15(10)17)9-18-16(21)14-8-13(11-6-7-11)19-20(14)2/h3-5,8,11H,6-7,9H2,1-2H3,(H,18,21). The number of amides is 1. The van der Waals surface area contributed by atoms with Crippen LogP contribution in [0.2, 0.25) is 0 Å². The summed E-state index contributed by atoms with van der Waals surface area (Å²) in [5.74, 6) is 0.0197. The monoisotopic (exact) mass is 287 g/mol. The molecule has 1 fully saturated rings. The molecule has 0 atom stereocenters. The molecule has 0 spiro atoms. The molecule has 1 aliphatic rings. The van der Waals surface area contributed by atoms with Crippen molar-refractivity contribution in [2.45, 2.75) is 32.2 Å². The largest absolute Gasteiger partial charge is 0.347 e. The average Bonchev–Trinajstić information content (AvgIpc) is 3.23. The third kappa shape index (κ3) is 2.82. The van der Waals surface area contributed by atoms with Crippen molar-refractivity contribution in [3.05, 3.63) is 52.6 Å². The number of aromatic nitrogens is 2. The Morgan fingerprint density at radius 2 is 2.24 bits per heavy atom. The topological polar surface area (TPSA) is 46.9 Å². The average molecular weight is 287 g/mol. The second kappa shape index (κ2) is 5.31. The summed E-state index contributed by atoms with van der Waals surface area (Å²) in [6.45, 7) is 1.89. The van der Waals surface area contributed by atoms with Crippen LogP contribution in [0.15, 0.2) is 24.3 Å². The summed E-state index contributed by atoms with van der Waals surface area (Å²) >= 11 is 0. The van der Waals surface area contributed by atoms with Gasteiger partial charge in [-0.3, -0.25) is 9.48 Å². The van der Waals surface area contributed by atoms with Crippen LogP contribution in [0.4, 0.5) is 4.39 Å². The van der Waals surface area contributed by atoms with Crippen molar-refractivity contribution in [2.75, 3.05) is 0 Å². The number of hydrogen-bond donors (Lipinski definition) is 1. The van der Waals surface area contributed by atoms with Gasteiger partial charge in [0, 0.05) is 25.1 Å². The lowest BCUT2D eigenvalue weighted by Crippen LogP contribution is -2.25. The Balaban J connectivity index is 1.70.